The molecule has 0 bridgehead atoms. The zero-order chi connectivity index (χ0) is 30.4. The molecule has 0 radical (unpaired) electrons. The lowest BCUT2D eigenvalue weighted by atomic mass is 9.92. The molecular weight excluding hydrogens is 538 g/mol. The number of anilines is 1. The fourth-order valence-corrected chi connectivity index (χ4v) is 4.94. The number of aromatic nitrogens is 3. The Kier molecular flexibility index (Phi) is 9.30. The number of carbonyl (C=O) groups excluding carboxylic acids is 3. The van der Waals surface area contributed by atoms with Crippen molar-refractivity contribution >= 4 is 34.9 Å². The van der Waals surface area contributed by atoms with E-state index in [0.717, 1.165) is 17.5 Å². The third-order valence-corrected chi connectivity index (χ3v) is 7.21. The Morgan fingerprint density at radius 2 is 1.86 bits per heavy atom. The van der Waals surface area contributed by atoms with E-state index in [-0.39, 0.29) is 30.9 Å². The summed E-state index contributed by atoms with van der Waals surface area (Å²) in [5, 5.41) is 12.3. The second-order valence-corrected chi connectivity index (χ2v) is 11.5. The van der Waals surface area contributed by atoms with Crippen molar-refractivity contribution in [2.75, 3.05) is 25.0 Å². The lowest BCUT2D eigenvalue weighted by Gasteiger charge is -2.42. The average molecular weight is 576 g/mol. The first-order chi connectivity index (χ1) is 20.0. The number of alkyl carbamates (subject to hydrolysis) is 1. The van der Waals surface area contributed by atoms with E-state index in [0.29, 0.717) is 36.5 Å². The number of likely N-dealkylation sites (tertiary alicyclic amines) is 1. The van der Waals surface area contributed by atoms with Crippen molar-refractivity contribution in [2.24, 2.45) is 5.92 Å². The van der Waals surface area contributed by atoms with Crippen LogP contribution in [0.5, 0.6) is 0 Å². The molecule has 1 N–H and O–H groups in total. The first kappa shape index (κ1) is 30.3. The molecule has 1 aromatic carbocycles. The molecule has 2 atom stereocenters. The topological polar surface area (TPSA) is 143 Å². The standard InChI is InChI=1S/C30H37N7O5/c1-20-11-14-36(25(38)10-13-31)17-24(20)35(5)26-23-12-15-37(27(23)34-19-33-26)29(40)41-18-22-8-6-21(7-9-22)16-32-28(39)42-30(2,3)4/h6-9,12,15,19-20,24H,10-11,14,16-18H2,1-5H3,(H,32,39)/t20-,24+/m1/s1. The van der Waals surface area contributed by atoms with Gasteiger partial charge in [-0.25, -0.2) is 24.1 Å². The number of fused-ring (bicyclic) bond motifs is 1. The number of carbonyl (C=O) groups is 3. The monoisotopic (exact) mass is 575 g/mol. The molecular formula is C30H37N7O5. The molecule has 1 fully saturated rings. The van der Waals surface area contributed by atoms with Crippen LogP contribution in [0.3, 0.4) is 0 Å². The summed E-state index contributed by atoms with van der Waals surface area (Å²) in [6.45, 7) is 9.04. The van der Waals surface area contributed by atoms with Gasteiger partial charge in [-0.1, -0.05) is 31.2 Å². The Morgan fingerprint density at radius 3 is 2.55 bits per heavy atom. The summed E-state index contributed by atoms with van der Waals surface area (Å²) >= 11 is 0. The van der Waals surface area contributed by atoms with Gasteiger partial charge < -0.3 is 24.6 Å². The van der Waals surface area contributed by atoms with E-state index in [1.807, 2.05) is 42.3 Å². The van der Waals surface area contributed by atoms with Gasteiger partial charge in [-0.2, -0.15) is 5.26 Å². The number of rotatable bonds is 7. The molecule has 222 valence electrons. The van der Waals surface area contributed by atoms with Crippen molar-refractivity contribution in [3.63, 3.8) is 0 Å². The maximum absolute atomic E-state index is 13.0. The number of benzene rings is 1. The second-order valence-electron chi connectivity index (χ2n) is 11.5. The summed E-state index contributed by atoms with van der Waals surface area (Å²) in [6.07, 6.45) is 2.63. The van der Waals surface area contributed by atoms with Crippen molar-refractivity contribution < 1.29 is 23.9 Å². The zero-order valence-electron chi connectivity index (χ0n) is 24.7. The molecule has 0 unspecified atom stereocenters. The maximum atomic E-state index is 13.0. The van der Waals surface area contributed by atoms with Crippen LogP contribution in [0.1, 0.15) is 51.7 Å². The molecule has 3 aromatic rings. The minimum atomic E-state index is -0.577. The van der Waals surface area contributed by atoms with Gasteiger partial charge in [0.1, 0.15) is 30.8 Å². The Labute approximate surface area is 245 Å². The average Bonchev–Trinajstić information content (AvgIpc) is 3.39. The molecule has 3 heterocycles. The van der Waals surface area contributed by atoms with Crippen molar-refractivity contribution in [3.8, 4) is 6.07 Å². The van der Waals surface area contributed by atoms with E-state index < -0.39 is 17.8 Å². The van der Waals surface area contributed by atoms with Gasteiger partial charge in [-0.15, -0.1) is 0 Å². The number of likely N-dealkylation sites (N-methyl/N-ethyl adjacent to an activating group) is 1. The van der Waals surface area contributed by atoms with E-state index >= 15 is 0 Å². The van der Waals surface area contributed by atoms with Crippen LogP contribution in [-0.4, -0.2) is 69.3 Å². The number of hydrogen-bond donors (Lipinski definition) is 1. The maximum Gasteiger partial charge on any atom is 0.420 e. The Bertz CT molecular complexity index is 1470. The van der Waals surface area contributed by atoms with Gasteiger partial charge in [0.05, 0.1) is 17.5 Å². The third kappa shape index (κ3) is 7.34. The van der Waals surface area contributed by atoms with Gasteiger partial charge >= 0.3 is 12.2 Å². The number of amides is 2. The lowest BCUT2D eigenvalue weighted by molar-refractivity contribution is -0.131. The van der Waals surface area contributed by atoms with E-state index in [1.54, 1.807) is 37.9 Å². The van der Waals surface area contributed by atoms with Gasteiger partial charge in [-0.3, -0.25) is 4.79 Å². The van der Waals surface area contributed by atoms with Gasteiger partial charge in [-0.05, 0) is 50.3 Å². The van der Waals surface area contributed by atoms with E-state index in [1.165, 1.54) is 10.9 Å². The molecule has 42 heavy (non-hydrogen) atoms. The molecule has 2 aromatic heterocycles. The fourth-order valence-electron chi connectivity index (χ4n) is 4.94. The van der Waals surface area contributed by atoms with Crippen LogP contribution in [0.25, 0.3) is 11.0 Å². The molecule has 1 aliphatic heterocycles. The number of nitriles is 1. The van der Waals surface area contributed by atoms with Crippen LogP contribution in [0.2, 0.25) is 0 Å². The number of ether oxygens (including phenoxy) is 2. The molecule has 1 saturated heterocycles. The number of piperidine rings is 1. The van der Waals surface area contributed by atoms with Crippen LogP contribution >= 0.6 is 0 Å². The van der Waals surface area contributed by atoms with Gasteiger partial charge in [0.2, 0.25) is 5.91 Å². The summed E-state index contributed by atoms with van der Waals surface area (Å²) in [6, 6.07) is 11.1. The Hall–Kier alpha value is -4.66. The number of hydrogen-bond acceptors (Lipinski definition) is 9. The van der Waals surface area contributed by atoms with E-state index in [4.69, 9.17) is 14.7 Å². The lowest BCUT2D eigenvalue weighted by Crippen LogP contribution is -2.52. The van der Waals surface area contributed by atoms with E-state index in [9.17, 15) is 14.4 Å². The SMILES string of the molecule is C[C@@H]1CCN(C(=O)CC#N)C[C@@H]1N(C)c1ncnc2c1ccn2C(=O)OCc1ccc(CNC(=O)OC(C)(C)C)cc1. The van der Waals surface area contributed by atoms with Crippen molar-refractivity contribution in [2.45, 2.75) is 65.3 Å². The first-order valence-electron chi connectivity index (χ1n) is 13.9. The largest absolute Gasteiger partial charge is 0.444 e. The molecule has 0 aliphatic carbocycles. The van der Waals surface area contributed by atoms with Crippen LogP contribution in [0.15, 0.2) is 42.9 Å². The summed E-state index contributed by atoms with van der Waals surface area (Å²) in [7, 11) is 1.92. The van der Waals surface area contributed by atoms with Crippen LogP contribution in [-0.2, 0) is 27.4 Å². The molecule has 12 heteroatoms. The van der Waals surface area contributed by atoms with Crippen LogP contribution < -0.4 is 10.2 Å². The summed E-state index contributed by atoms with van der Waals surface area (Å²) in [5.74, 6) is 0.767. The molecule has 12 nitrogen and oxygen atoms in total. The zero-order valence-corrected chi connectivity index (χ0v) is 24.7. The number of nitrogens with one attached hydrogen (secondary N) is 1. The summed E-state index contributed by atoms with van der Waals surface area (Å²) < 4.78 is 12.2. The predicted molar refractivity (Wildman–Crippen MR) is 155 cm³/mol. The smallest absolute Gasteiger partial charge is 0.420 e. The first-order valence-corrected chi connectivity index (χ1v) is 13.9. The highest BCUT2D eigenvalue weighted by atomic mass is 16.6. The predicted octanol–water partition coefficient (Wildman–Crippen LogP) is 4.23. The van der Waals surface area contributed by atoms with Gasteiger partial charge in [0.15, 0.2) is 5.65 Å². The highest BCUT2D eigenvalue weighted by Crippen LogP contribution is 2.30. The number of nitrogens with zero attached hydrogens (tertiary/aromatic N) is 6. The third-order valence-electron chi connectivity index (χ3n) is 7.21. The highest BCUT2D eigenvalue weighted by Gasteiger charge is 2.33. The van der Waals surface area contributed by atoms with Crippen molar-refractivity contribution in [1.82, 2.24) is 24.8 Å². The molecule has 4 rings (SSSR count). The van der Waals surface area contributed by atoms with Gasteiger partial charge in [0.25, 0.3) is 0 Å². The summed E-state index contributed by atoms with van der Waals surface area (Å²) in [4.78, 5) is 49.8. The van der Waals surface area contributed by atoms with Crippen molar-refractivity contribution in [1.29, 1.82) is 5.26 Å². The van der Waals surface area contributed by atoms with Crippen LogP contribution in [0, 0.1) is 17.2 Å². The Morgan fingerprint density at radius 1 is 1.14 bits per heavy atom. The normalized spacial score (nSPS) is 16.9. The Balaban J connectivity index is 1.39. The van der Waals surface area contributed by atoms with Crippen molar-refractivity contribution in [3.05, 3.63) is 54.0 Å². The molecule has 0 spiro atoms. The highest BCUT2D eigenvalue weighted by molar-refractivity contribution is 5.93. The van der Waals surface area contributed by atoms with Gasteiger partial charge in [0, 0.05) is 32.9 Å². The molecule has 0 saturated carbocycles. The second kappa shape index (κ2) is 12.9. The molecule has 1 aliphatic rings. The summed E-state index contributed by atoms with van der Waals surface area (Å²) in [5.41, 5.74) is 1.52. The minimum Gasteiger partial charge on any atom is -0.444 e. The fraction of sp³-hybridized carbons (Fsp3) is 0.467. The molecule has 2 amide bonds. The van der Waals surface area contributed by atoms with E-state index in [2.05, 4.69) is 22.2 Å². The quantitative estimate of drug-likeness (QED) is 0.438. The minimum absolute atomic E-state index is 0.0166. The van der Waals surface area contributed by atoms with Crippen LogP contribution in [0.4, 0.5) is 15.4 Å².